The van der Waals surface area contributed by atoms with E-state index in [0.717, 1.165) is 13.0 Å². The molecule has 0 saturated carbocycles. The average molecular weight is 692 g/mol. The van der Waals surface area contributed by atoms with Crippen molar-refractivity contribution in [2.75, 3.05) is 72.5 Å². The largest absolute Gasteiger partial charge is 0.480 e. The van der Waals surface area contributed by atoms with Crippen molar-refractivity contribution in [1.29, 1.82) is 0 Å². The lowest BCUT2D eigenvalue weighted by molar-refractivity contribution is -0.142. The second kappa shape index (κ2) is 25.0. The van der Waals surface area contributed by atoms with E-state index in [1.165, 1.54) is 0 Å². The smallest absolute Gasteiger partial charge is 0.408 e. The minimum atomic E-state index is -1.08. The number of carbonyl (C=O) groups excluding carboxylic acids is 4. The molecule has 0 saturated heterocycles. The number of rotatable bonds is 26. The van der Waals surface area contributed by atoms with Crippen LogP contribution in [0.1, 0.15) is 74.7 Å². The molecule has 0 radical (unpaired) electrons. The minimum absolute atomic E-state index is 0.00124. The highest BCUT2D eigenvalue weighted by Gasteiger charge is 2.26. The highest BCUT2D eigenvalue weighted by atomic mass is 16.6. The van der Waals surface area contributed by atoms with Gasteiger partial charge in [0.05, 0.1) is 39.6 Å². The quantitative estimate of drug-likeness (QED) is 0.0701. The summed E-state index contributed by atoms with van der Waals surface area (Å²) in [6, 6.07) is -1.72. The molecule has 16 nitrogen and oxygen atoms in total. The fourth-order valence-corrected chi connectivity index (χ4v) is 3.84. The first kappa shape index (κ1) is 45.0. The number of hydrogen-bond acceptors (Lipinski definition) is 11. The van der Waals surface area contributed by atoms with E-state index >= 15 is 0 Å². The molecular formula is C32H61N5O11. The number of carboxylic acids is 1. The maximum atomic E-state index is 12.5. The Kier molecular flexibility index (Phi) is 23.4. The first-order valence-electron chi connectivity index (χ1n) is 16.5. The number of ether oxygens (including phenoxy) is 5. The van der Waals surface area contributed by atoms with Crippen molar-refractivity contribution in [2.24, 2.45) is 5.92 Å². The van der Waals surface area contributed by atoms with Gasteiger partial charge in [0.1, 0.15) is 30.9 Å². The Morgan fingerprint density at radius 3 is 1.73 bits per heavy atom. The van der Waals surface area contributed by atoms with Crippen molar-refractivity contribution in [3.05, 3.63) is 0 Å². The van der Waals surface area contributed by atoms with Gasteiger partial charge in [-0.2, -0.15) is 0 Å². The van der Waals surface area contributed by atoms with E-state index in [-0.39, 0.29) is 89.2 Å². The summed E-state index contributed by atoms with van der Waals surface area (Å²) in [6.07, 6.45) is 1.13. The Bertz CT molecular complexity index is 952. The molecule has 0 heterocycles. The molecule has 0 spiro atoms. The maximum absolute atomic E-state index is 12.5. The van der Waals surface area contributed by atoms with Crippen LogP contribution in [-0.2, 0) is 42.9 Å². The van der Waals surface area contributed by atoms with Gasteiger partial charge in [-0.3, -0.25) is 14.4 Å². The van der Waals surface area contributed by atoms with Gasteiger partial charge in [0, 0.05) is 18.6 Å². The van der Waals surface area contributed by atoms with Crippen LogP contribution in [0.3, 0.4) is 0 Å². The van der Waals surface area contributed by atoms with Gasteiger partial charge in [0.25, 0.3) is 0 Å². The fraction of sp³-hybridized carbons (Fsp3) is 0.844. The number of alkyl carbamates (subject to hydrolysis) is 1. The zero-order valence-corrected chi connectivity index (χ0v) is 30.2. The van der Waals surface area contributed by atoms with Crippen LogP contribution < -0.4 is 26.6 Å². The second-order valence-electron chi connectivity index (χ2n) is 13.5. The molecule has 4 amide bonds. The van der Waals surface area contributed by atoms with Gasteiger partial charge < -0.3 is 55.4 Å². The maximum Gasteiger partial charge on any atom is 0.408 e. The Hall–Kier alpha value is -3.05. The van der Waals surface area contributed by atoms with Gasteiger partial charge in [-0.05, 0) is 73.3 Å². The third kappa shape index (κ3) is 27.0. The predicted octanol–water partition coefficient (Wildman–Crippen LogP) is 0.962. The van der Waals surface area contributed by atoms with Crippen LogP contribution in [0.15, 0.2) is 0 Å². The monoisotopic (exact) mass is 691 g/mol. The number of hydrogen-bond donors (Lipinski definition) is 6. The summed E-state index contributed by atoms with van der Waals surface area (Å²) in [5.41, 5.74) is -0.673. The summed E-state index contributed by atoms with van der Waals surface area (Å²) in [5.74, 6) is -2.41. The second-order valence-corrected chi connectivity index (χ2v) is 13.5. The Labute approximate surface area is 285 Å². The summed E-state index contributed by atoms with van der Waals surface area (Å²) < 4.78 is 26.5. The van der Waals surface area contributed by atoms with Gasteiger partial charge in [-0.1, -0.05) is 13.8 Å². The summed E-state index contributed by atoms with van der Waals surface area (Å²) >= 11 is 0. The van der Waals surface area contributed by atoms with Gasteiger partial charge in [0.15, 0.2) is 0 Å². The molecule has 0 aliphatic heterocycles. The molecule has 2 unspecified atom stereocenters. The molecule has 0 aromatic carbocycles. The normalized spacial score (nSPS) is 13.0. The molecule has 48 heavy (non-hydrogen) atoms. The molecule has 6 N–H and O–H groups in total. The SMILES string of the molecule is CC(C)C(NC(=O)OC(C)(C)C)C(=O)NCCOCCOCC(=O)NCCOCCOCC(=O)NC(CCCCNC(C)(C)C)C(=O)O. The Balaban J connectivity index is 3.82. The number of nitrogens with one attached hydrogen (secondary N) is 5. The van der Waals surface area contributed by atoms with Crippen LogP contribution >= 0.6 is 0 Å². The minimum Gasteiger partial charge on any atom is -0.480 e. The van der Waals surface area contributed by atoms with Crippen LogP contribution in [0.25, 0.3) is 0 Å². The van der Waals surface area contributed by atoms with E-state index in [4.69, 9.17) is 23.7 Å². The number of aliphatic carboxylic acids is 1. The average Bonchev–Trinajstić information content (AvgIpc) is 2.95. The molecule has 0 rings (SSSR count). The van der Waals surface area contributed by atoms with E-state index in [9.17, 15) is 29.1 Å². The molecule has 2 atom stereocenters. The Morgan fingerprint density at radius 1 is 0.667 bits per heavy atom. The highest BCUT2D eigenvalue weighted by molar-refractivity contribution is 5.86. The van der Waals surface area contributed by atoms with Crippen LogP contribution in [0.4, 0.5) is 4.79 Å². The molecule has 0 bridgehead atoms. The first-order valence-corrected chi connectivity index (χ1v) is 16.5. The van der Waals surface area contributed by atoms with Crippen LogP contribution in [0.2, 0.25) is 0 Å². The summed E-state index contributed by atoms with van der Waals surface area (Å²) in [7, 11) is 0. The lowest BCUT2D eigenvalue weighted by Crippen LogP contribution is -2.51. The summed E-state index contributed by atoms with van der Waals surface area (Å²) in [4.78, 5) is 59.8. The number of amides is 4. The van der Waals surface area contributed by atoms with Gasteiger partial charge >= 0.3 is 12.1 Å². The molecule has 0 aliphatic rings. The van der Waals surface area contributed by atoms with Gasteiger partial charge in [0.2, 0.25) is 17.7 Å². The lowest BCUT2D eigenvalue weighted by atomic mass is 10.0. The third-order valence-electron chi connectivity index (χ3n) is 6.15. The zero-order valence-electron chi connectivity index (χ0n) is 30.2. The Morgan fingerprint density at radius 2 is 1.21 bits per heavy atom. The number of carboxylic acid groups (broad SMARTS) is 1. The molecule has 0 aromatic heterocycles. The third-order valence-corrected chi connectivity index (χ3v) is 6.15. The van der Waals surface area contributed by atoms with E-state index in [0.29, 0.717) is 12.8 Å². The molecule has 0 fully saturated rings. The van der Waals surface area contributed by atoms with Crippen molar-refractivity contribution in [2.45, 2.75) is 97.9 Å². The molecule has 16 heteroatoms. The van der Waals surface area contributed by atoms with Crippen molar-refractivity contribution in [3.8, 4) is 0 Å². The predicted molar refractivity (Wildman–Crippen MR) is 178 cm³/mol. The van der Waals surface area contributed by atoms with Gasteiger partial charge in [-0.15, -0.1) is 0 Å². The molecular weight excluding hydrogens is 630 g/mol. The van der Waals surface area contributed by atoms with Crippen molar-refractivity contribution in [3.63, 3.8) is 0 Å². The highest BCUT2D eigenvalue weighted by Crippen LogP contribution is 2.09. The van der Waals surface area contributed by atoms with Crippen LogP contribution in [0.5, 0.6) is 0 Å². The topological polar surface area (TPSA) is 212 Å². The van der Waals surface area contributed by atoms with Crippen LogP contribution in [-0.4, -0.2) is 131 Å². The van der Waals surface area contributed by atoms with E-state index in [1.54, 1.807) is 20.8 Å². The zero-order chi connectivity index (χ0) is 36.6. The van der Waals surface area contributed by atoms with E-state index in [2.05, 4.69) is 47.4 Å². The van der Waals surface area contributed by atoms with Crippen molar-refractivity contribution < 1.29 is 52.8 Å². The molecule has 280 valence electrons. The molecule has 0 aliphatic carbocycles. The van der Waals surface area contributed by atoms with Crippen molar-refractivity contribution >= 4 is 29.8 Å². The first-order chi connectivity index (χ1) is 22.4. The summed E-state index contributed by atoms with van der Waals surface area (Å²) in [5, 5.41) is 23.1. The number of carbonyl (C=O) groups is 5. The number of unbranched alkanes of at least 4 members (excludes halogenated alkanes) is 1. The summed E-state index contributed by atoms with van der Waals surface area (Å²) in [6.45, 7) is 17.0. The van der Waals surface area contributed by atoms with Crippen molar-refractivity contribution in [1.82, 2.24) is 26.6 Å². The standard InChI is InChI=1S/C32H61N5O11/c1-23(2)27(37-30(43)48-32(6,7)8)28(40)34-14-16-45-17-19-46-21-25(38)33-13-15-44-18-20-47-22-26(39)36-24(29(41)42)11-9-10-12-35-31(3,4)5/h23-24,27,35H,9-22H2,1-8H3,(H,33,38)(H,34,40)(H,36,39)(H,37,43)(H,41,42). The molecule has 0 aromatic rings. The van der Waals surface area contributed by atoms with Gasteiger partial charge in [-0.25, -0.2) is 9.59 Å². The fourth-order valence-electron chi connectivity index (χ4n) is 3.84. The van der Waals surface area contributed by atoms with E-state index < -0.39 is 35.7 Å². The lowest BCUT2D eigenvalue weighted by Gasteiger charge is -2.25. The van der Waals surface area contributed by atoms with E-state index in [1.807, 2.05) is 13.8 Å². The van der Waals surface area contributed by atoms with Crippen LogP contribution in [0, 0.1) is 5.92 Å².